The predicted octanol–water partition coefficient (Wildman–Crippen LogP) is 1.08. The first kappa shape index (κ1) is 16.9. The van der Waals surface area contributed by atoms with Crippen LogP contribution in [0.2, 0.25) is 0 Å². The lowest BCUT2D eigenvalue weighted by atomic mass is 10.2. The number of rotatable bonds is 8. The van der Waals surface area contributed by atoms with Crippen LogP contribution in [0, 0.1) is 0 Å². The largest absolute Gasteiger partial charge is 0.478 e. The maximum absolute atomic E-state index is 11.6. The van der Waals surface area contributed by atoms with Crippen molar-refractivity contribution in [2.75, 3.05) is 45.7 Å². The van der Waals surface area contributed by atoms with Crippen molar-refractivity contribution in [2.45, 2.75) is 0 Å². The Morgan fingerprint density at radius 1 is 1.19 bits per heavy atom. The average molecular weight is 295 g/mol. The molecule has 0 aliphatic rings. The van der Waals surface area contributed by atoms with E-state index in [0.717, 1.165) is 6.54 Å². The third-order valence-corrected chi connectivity index (χ3v) is 2.60. The number of benzene rings is 1. The standard InChI is InChI=1S/C14H21N3O4/c1-17(2)8-10-21-9-7-15-14(20)16-12-5-3-11(4-6-12)13(18)19/h3-6H,7-10H2,1-2H3,(H,18,19)(H2,15,16,20). The summed E-state index contributed by atoms with van der Waals surface area (Å²) in [6.45, 7) is 2.31. The molecule has 0 aliphatic heterocycles. The first-order chi connectivity index (χ1) is 9.99. The van der Waals surface area contributed by atoms with Gasteiger partial charge in [0.05, 0.1) is 18.8 Å². The summed E-state index contributed by atoms with van der Waals surface area (Å²) in [6, 6.07) is 5.59. The molecule has 0 saturated heterocycles. The van der Waals surface area contributed by atoms with Crippen LogP contribution in [0.25, 0.3) is 0 Å². The van der Waals surface area contributed by atoms with E-state index < -0.39 is 5.97 Å². The van der Waals surface area contributed by atoms with Gasteiger partial charge in [-0.1, -0.05) is 0 Å². The summed E-state index contributed by atoms with van der Waals surface area (Å²) < 4.78 is 5.34. The summed E-state index contributed by atoms with van der Waals surface area (Å²) >= 11 is 0. The molecule has 0 atom stereocenters. The van der Waals surface area contributed by atoms with Gasteiger partial charge < -0.3 is 25.4 Å². The Kier molecular flexibility index (Phi) is 7.20. The van der Waals surface area contributed by atoms with Gasteiger partial charge in [-0.25, -0.2) is 9.59 Å². The van der Waals surface area contributed by atoms with Crippen LogP contribution in [-0.4, -0.2) is 62.4 Å². The topological polar surface area (TPSA) is 90.9 Å². The van der Waals surface area contributed by atoms with Crippen LogP contribution in [0.3, 0.4) is 0 Å². The second-order valence-corrected chi connectivity index (χ2v) is 4.68. The summed E-state index contributed by atoms with van der Waals surface area (Å²) in [5.41, 5.74) is 0.710. The number of amides is 2. The van der Waals surface area contributed by atoms with Crippen LogP contribution < -0.4 is 10.6 Å². The Labute approximate surface area is 123 Å². The molecule has 1 aromatic rings. The van der Waals surface area contributed by atoms with E-state index in [-0.39, 0.29) is 11.6 Å². The third-order valence-electron chi connectivity index (χ3n) is 2.60. The van der Waals surface area contributed by atoms with E-state index in [2.05, 4.69) is 10.6 Å². The fraction of sp³-hybridized carbons (Fsp3) is 0.429. The Balaban J connectivity index is 2.20. The molecule has 0 aromatic heterocycles. The molecule has 0 saturated carbocycles. The molecule has 21 heavy (non-hydrogen) atoms. The molecular formula is C14H21N3O4. The van der Waals surface area contributed by atoms with Crippen molar-refractivity contribution in [1.29, 1.82) is 0 Å². The molecule has 1 aromatic carbocycles. The van der Waals surface area contributed by atoms with Crippen molar-refractivity contribution in [3.05, 3.63) is 29.8 Å². The molecule has 3 N–H and O–H groups in total. The molecule has 0 spiro atoms. The summed E-state index contributed by atoms with van der Waals surface area (Å²) in [7, 11) is 3.93. The predicted molar refractivity (Wildman–Crippen MR) is 79.8 cm³/mol. The molecule has 2 amide bonds. The van der Waals surface area contributed by atoms with Gasteiger partial charge in [-0.3, -0.25) is 0 Å². The number of hydrogen-bond donors (Lipinski definition) is 3. The quantitative estimate of drug-likeness (QED) is 0.624. The summed E-state index contributed by atoms with van der Waals surface area (Å²) in [6.07, 6.45) is 0. The van der Waals surface area contributed by atoms with E-state index >= 15 is 0 Å². The fourth-order valence-corrected chi connectivity index (χ4v) is 1.46. The van der Waals surface area contributed by atoms with Crippen molar-refractivity contribution in [1.82, 2.24) is 10.2 Å². The lowest BCUT2D eigenvalue weighted by Gasteiger charge is -2.11. The van der Waals surface area contributed by atoms with E-state index in [4.69, 9.17) is 9.84 Å². The van der Waals surface area contributed by atoms with Gasteiger partial charge in [-0.15, -0.1) is 0 Å². The van der Waals surface area contributed by atoms with Crippen LogP contribution in [0.1, 0.15) is 10.4 Å². The lowest BCUT2D eigenvalue weighted by Crippen LogP contribution is -2.32. The Morgan fingerprint density at radius 2 is 1.86 bits per heavy atom. The number of likely N-dealkylation sites (N-methyl/N-ethyl adjacent to an activating group) is 1. The number of nitrogens with one attached hydrogen (secondary N) is 2. The highest BCUT2D eigenvalue weighted by molar-refractivity contribution is 5.91. The number of aromatic carboxylic acids is 1. The van der Waals surface area contributed by atoms with E-state index in [0.29, 0.717) is 25.4 Å². The summed E-state index contributed by atoms with van der Waals surface area (Å²) in [5, 5.41) is 14.0. The molecule has 0 radical (unpaired) electrons. The molecule has 7 nitrogen and oxygen atoms in total. The van der Waals surface area contributed by atoms with Crippen molar-refractivity contribution >= 4 is 17.7 Å². The van der Waals surface area contributed by atoms with Crippen LogP contribution in [0.5, 0.6) is 0 Å². The van der Waals surface area contributed by atoms with Gasteiger partial charge in [0.2, 0.25) is 0 Å². The Morgan fingerprint density at radius 3 is 2.43 bits per heavy atom. The highest BCUT2D eigenvalue weighted by Gasteiger charge is 2.04. The summed E-state index contributed by atoms with van der Waals surface area (Å²) in [4.78, 5) is 24.3. The molecule has 116 valence electrons. The number of ether oxygens (including phenoxy) is 1. The number of urea groups is 1. The highest BCUT2D eigenvalue weighted by Crippen LogP contribution is 2.09. The fourth-order valence-electron chi connectivity index (χ4n) is 1.46. The second-order valence-electron chi connectivity index (χ2n) is 4.68. The molecule has 0 heterocycles. The van der Waals surface area contributed by atoms with Crippen molar-refractivity contribution in [2.24, 2.45) is 0 Å². The number of carbonyl (C=O) groups is 2. The van der Waals surface area contributed by atoms with Gasteiger partial charge in [0, 0.05) is 18.8 Å². The molecule has 0 unspecified atom stereocenters. The van der Waals surface area contributed by atoms with Crippen LogP contribution >= 0.6 is 0 Å². The highest BCUT2D eigenvalue weighted by atomic mass is 16.5. The zero-order valence-corrected chi connectivity index (χ0v) is 12.3. The van der Waals surface area contributed by atoms with E-state index in [1.807, 2.05) is 19.0 Å². The number of nitrogens with zero attached hydrogens (tertiary/aromatic N) is 1. The van der Waals surface area contributed by atoms with Crippen molar-refractivity contribution in [3.63, 3.8) is 0 Å². The van der Waals surface area contributed by atoms with Gasteiger partial charge in [0.1, 0.15) is 0 Å². The van der Waals surface area contributed by atoms with Gasteiger partial charge in [0.15, 0.2) is 0 Å². The second kappa shape index (κ2) is 8.93. The van der Waals surface area contributed by atoms with Crippen molar-refractivity contribution < 1.29 is 19.4 Å². The molecule has 1 rings (SSSR count). The monoisotopic (exact) mass is 295 g/mol. The van der Waals surface area contributed by atoms with E-state index in [1.54, 1.807) is 0 Å². The minimum atomic E-state index is -0.999. The number of carboxylic acids is 1. The number of hydrogen-bond acceptors (Lipinski definition) is 4. The molecule has 0 fully saturated rings. The van der Waals surface area contributed by atoms with Gasteiger partial charge in [-0.2, -0.15) is 0 Å². The van der Waals surface area contributed by atoms with Gasteiger partial charge >= 0.3 is 12.0 Å². The number of anilines is 1. The smallest absolute Gasteiger partial charge is 0.335 e. The van der Waals surface area contributed by atoms with E-state index in [9.17, 15) is 9.59 Å². The Bertz CT molecular complexity index is 460. The summed E-state index contributed by atoms with van der Waals surface area (Å²) in [5.74, 6) is -0.999. The van der Waals surface area contributed by atoms with Gasteiger partial charge in [-0.05, 0) is 38.4 Å². The number of carboxylic acid groups (broad SMARTS) is 1. The number of carbonyl (C=O) groups excluding carboxylic acids is 1. The minimum absolute atomic E-state index is 0.176. The first-order valence-corrected chi connectivity index (χ1v) is 6.59. The van der Waals surface area contributed by atoms with Crippen LogP contribution in [0.15, 0.2) is 24.3 Å². The molecule has 0 bridgehead atoms. The molecular weight excluding hydrogens is 274 g/mol. The maximum Gasteiger partial charge on any atom is 0.335 e. The zero-order valence-electron chi connectivity index (χ0n) is 12.3. The maximum atomic E-state index is 11.6. The minimum Gasteiger partial charge on any atom is -0.478 e. The van der Waals surface area contributed by atoms with Crippen LogP contribution in [0.4, 0.5) is 10.5 Å². The average Bonchev–Trinajstić information content (AvgIpc) is 2.43. The normalized spacial score (nSPS) is 10.4. The Hall–Kier alpha value is -2.12. The lowest BCUT2D eigenvalue weighted by molar-refractivity contribution is 0.0697. The molecule has 0 aliphatic carbocycles. The third kappa shape index (κ3) is 7.28. The van der Waals surface area contributed by atoms with E-state index in [1.165, 1.54) is 24.3 Å². The van der Waals surface area contributed by atoms with Crippen molar-refractivity contribution in [3.8, 4) is 0 Å². The zero-order chi connectivity index (χ0) is 15.7. The van der Waals surface area contributed by atoms with Gasteiger partial charge in [0.25, 0.3) is 0 Å². The van der Waals surface area contributed by atoms with Crippen LogP contribution in [-0.2, 0) is 4.74 Å². The molecule has 7 heteroatoms. The SMILES string of the molecule is CN(C)CCOCCNC(=O)Nc1ccc(C(=O)O)cc1. The first-order valence-electron chi connectivity index (χ1n) is 6.59.